The maximum absolute atomic E-state index is 13.8. The molecule has 4 rings (SSSR count). The molecule has 0 bridgehead atoms. The molecule has 2 amide bonds. The molecule has 1 atom stereocenters. The van der Waals surface area contributed by atoms with Crippen molar-refractivity contribution >= 4 is 35.2 Å². The van der Waals surface area contributed by atoms with Crippen LogP contribution in [0.4, 0.5) is 5.69 Å². The Kier molecular flexibility index (Phi) is 6.28. The van der Waals surface area contributed by atoms with Crippen LogP contribution in [-0.2, 0) is 16.1 Å². The van der Waals surface area contributed by atoms with Crippen molar-refractivity contribution in [1.82, 2.24) is 14.9 Å². The summed E-state index contributed by atoms with van der Waals surface area (Å²) < 4.78 is 6.41. The molecule has 9 heteroatoms. The van der Waals surface area contributed by atoms with E-state index in [1.165, 1.54) is 24.8 Å². The summed E-state index contributed by atoms with van der Waals surface area (Å²) in [6.07, 6.45) is 8.64. The van der Waals surface area contributed by atoms with Gasteiger partial charge in [0.05, 0.1) is 20.0 Å². The third-order valence-electron chi connectivity index (χ3n) is 6.33. The first kappa shape index (κ1) is 22.4. The lowest BCUT2D eigenvalue weighted by molar-refractivity contribution is -0.127. The van der Waals surface area contributed by atoms with Crippen molar-refractivity contribution in [3.63, 3.8) is 0 Å². The number of fused-ring (bicyclic) bond motifs is 1. The topological polar surface area (TPSA) is 93.5 Å². The minimum Gasteiger partial charge on any atom is -0.464 e. The molecular formula is C23H28N4O4S. The van der Waals surface area contributed by atoms with Gasteiger partial charge in [-0.2, -0.15) is 0 Å². The number of amides is 2. The number of nitrogens with zero attached hydrogens (tertiary/aromatic N) is 3. The second-order valence-corrected chi connectivity index (χ2v) is 9.37. The third-order valence-corrected chi connectivity index (χ3v) is 7.06. The monoisotopic (exact) mass is 456 g/mol. The molecule has 1 N–H and O–H groups in total. The lowest BCUT2D eigenvalue weighted by Gasteiger charge is -2.44. The highest BCUT2D eigenvalue weighted by atomic mass is 32.2. The van der Waals surface area contributed by atoms with Crippen LogP contribution in [0.5, 0.6) is 0 Å². The van der Waals surface area contributed by atoms with E-state index in [1.54, 1.807) is 23.3 Å². The Morgan fingerprint density at radius 3 is 2.69 bits per heavy atom. The molecule has 0 radical (unpaired) electrons. The number of hydrogen-bond acceptors (Lipinski definition) is 6. The summed E-state index contributed by atoms with van der Waals surface area (Å²) in [7, 11) is 1.25. The van der Waals surface area contributed by atoms with Crippen LogP contribution >= 0.6 is 11.8 Å². The molecular weight excluding hydrogens is 428 g/mol. The quantitative estimate of drug-likeness (QED) is 0.548. The normalized spacial score (nSPS) is 21.2. The zero-order valence-corrected chi connectivity index (χ0v) is 19.4. The number of esters is 1. The number of hydrogen-bond donors (Lipinski definition) is 1. The first-order chi connectivity index (χ1) is 15.4. The zero-order chi connectivity index (χ0) is 22.9. The molecule has 8 nitrogen and oxygen atoms in total. The van der Waals surface area contributed by atoms with Crippen molar-refractivity contribution < 1.29 is 19.1 Å². The Bertz CT molecular complexity index is 1050. The van der Waals surface area contributed by atoms with Crippen molar-refractivity contribution in [3.8, 4) is 0 Å². The minimum absolute atomic E-state index is 0.0433. The highest BCUT2D eigenvalue weighted by molar-refractivity contribution is 7.98. The van der Waals surface area contributed by atoms with Crippen molar-refractivity contribution in [3.05, 3.63) is 42.0 Å². The van der Waals surface area contributed by atoms with Crippen LogP contribution in [0.2, 0.25) is 0 Å². The van der Waals surface area contributed by atoms with Gasteiger partial charge in [-0.15, -0.1) is 11.8 Å². The molecule has 1 aliphatic heterocycles. The minimum atomic E-state index is -1.19. The Balaban J connectivity index is 1.79. The zero-order valence-electron chi connectivity index (χ0n) is 18.6. The Hall–Kier alpha value is -2.81. The summed E-state index contributed by atoms with van der Waals surface area (Å²) >= 11 is 1.55. The number of benzene rings is 1. The van der Waals surface area contributed by atoms with Crippen LogP contribution in [0.1, 0.15) is 60.0 Å². The number of rotatable bonds is 5. The summed E-state index contributed by atoms with van der Waals surface area (Å²) in [6.45, 7) is 1.95. The fourth-order valence-corrected chi connectivity index (χ4v) is 5.07. The van der Waals surface area contributed by atoms with E-state index in [2.05, 4.69) is 10.3 Å². The van der Waals surface area contributed by atoms with Crippen LogP contribution in [0.25, 0.3) is 0 Å². The van der Waals surface area contributed by atoms with E-state index in [-0.39, 0.29) is 29.9 Å². The number of imidazole rings is 1. The van der Waals surface area contributed by atoms with E-state index in [9.17, 15) is 14.4 Å². The van der Waals surface area contributed by atoms with Gasteiger partial charge in [-0.25, -0.2) is 9.78 Å². The molecule has 0 spiro atoms. The fourth-order valence-electron chi connectivity index (χ4n) is 4.62. The molecule has 2 aliphatic rings. The van der Waals surface area contributed by atoms with E-state index in [4.69, 9.17) is 4.74 Å². The Morgan fingerprint density at radius 2 is 2.00 bits per heavy atom. The predicted molar refractivity (Wildman–Crippen MR) is 122 cm³/mol. The Labute approximate surface area is 191 Å². The molecule has 0 saturated heterocycles. The number of thioether (sulfide) groups is 1. The van der Waals surface area contributed by atoms with Crippen molar-refractivity contribution in [2.24, 2.45) is 0 Å². The number of anilines is 1. The number of nitrogens with one attached hydrogen (secondary N) is 1. The van der Waals surface area contributed by atoms with Crippen LogP contribution in [0.15, 0.2) is 35.5 Å². The predicted octanol–water partition coefficient (Wildman–Crippen LogP) is 3.26. The maximum Gasteiger partial charge on any atom is 0.359 e. The van der Waals surface area contributed by atoms with Gasteiger partial charge in [-0.1, -0.05) is 25.3 Å². The first-order valence-corrected chi connectivity index (χ1v) is 12.0. The lowest BCUT2D eigenvalue weighted by atomic mass is 9.90. The maximum atomic E-state index is 13.8. The smallest absolute Gasteiger partial charge is 0.359 e. The van der Waals surface area contributed by atoms with Crippen molar-refractivity contribution in [1.29, 1.82) is 0 Å². The summed E-state index contributed by atoms with van der Waals surface area (Å²) in [5, 5.41) is 3.19. The third kappa shape index (κ3) is 3.90. The second-order valence-electron chi connectivity index (χ2n) is 8.49. The van der Waals surface area contributed by atoms with Gasteiger partial charge in [0, 0.05) is 16.6 Å². The van der Waals surface area contributed by atoms with Gasteiger partial charge in [-0.3, -0.25) is 14.5 Å². The number of carbonyl (C=O) groups excluding carboxylic acids is 3. The molecule has 32 heavy (non-hydrogen) atoms. The van der Waals surface area contributed by atoms with E-state index in [1.807, 2.05) is 30.5 Å². The van der Waals surface area contributed by atoms with Gasteiger partial charge in [0.15, 0.2) is 5.69 Å². The number of carbonyl (C=O) groups is 3. The van der Waals surface area contributed by atoms with Crippen molar-refractivity contribution in [2.75, 3.05) is 18.3 Å². The van der Waals surface area contributed by atoms with Crippen molar-refractivity contribution in [2.45, 2.75) is 62.0 Å². The summed E-state index contributed by atoms with van der Waals surface area (Å²) in [4.78, 5) is 46.3. The number of methoxy groups -OCH3 is 1. The molecule has 1 saturated carbocycles. The molecule has 2 aromatic rings. The summed E-state index contributed by atoms with van der Waals surface area (Å²) in [5.74, 6) is -1.33. The average molecular weight is 457 g/mol. The SMILES string of the molecule is COC(=O)c1ncn2c1C(=O)N(c1cccc(SC)c1)[C@@](C)(C(=O)NC1CCCCC1)C2. The summed E-state index contributed by atoms with van der Waals surface area (Å²) in [6, 6.07) is 7.62. The van der Waals surface area contributed by atoms with Crippen LogP contribution < -0.4 is 10.2 Å². The van der Waals surface area contributed by atoms with Crippen LogP contribution in [0, 0.1) is 0 Å². The van der Waals surface area contributed by atoms with E-state index in [0.29, 0.717) is 5.69 Å². The van der Waals surface area contributed by atoms with E-state index < -0.39 is 17.4 Å². The molecule has 2 heterocycles. The first-order valence-electron chi connectivity index (χ1n) is 10.8. The van der Waals surface area contributed by atoms with Crippen LogP contribution in [-0.4, -0.2) is 52.3 Å². The van der Waals surface area contributed by atoms with E-state index in [0.717, 1.165) is 30.6 Å². The largest absolute Gasteiger partial charge is 0.464 e. The molecule has 1 fully saturated rings. The number of ether oxygens (including phenoxy) is 1. The van der Waals surface area contributed by atoms with Gasteiger partial charge < -0.3 is 14.6 Å². The molecule has 0 unspecified atom stereocenters. The molecule has 170 valence electrons. The summed E-state index contributed by atoms with van der Waals surface area (Å²) in [5.41, 5.74) is -0.494. The molecule has 1 aromatic heterocycles. The average Bonchev–Trinajstić information content (AvgIpc) is 3.23. The Morgan fingerprint density at radius 1 is 1.25 bits per heavy atom. The van der Waals surface area contributed by atoms with Gasteiger partial charge in [0.25, 0.3) is 5.91 Å². The highest BCUT2D eigenvalue weighted by Gasteiger charge is 2.50. The van der Waals surface area contributed by atoms with Gasteiger partial charge in [0.1, 0.15) is 11.2 Å². The second kappa shape index (κ2) is 8.97. The fraction of sp³-hybridized carbons (Fsp3) is 0.478. The van der Waals surface area contributed by atoms with E-state index >= 15 is 0 Å². The number of aromatic nitrogens is 2. The standard InChI is InChI=1S/C23H28N4O4S/c1-23(22(30)25-15-8-5-4-6-9-15)13-26-14-24-18(21(29)31-2)19(26)20(28)27(23)16-10-7-11-17(12-16)32-3/h7,10-12,14-15H,4-6,8-9,13H2,1-3H3,(H,25,30)/t23-/m1/s1. The molecule has 1 aliphatic carbocycles. The molecule has 1 aromatic carbocycles. The van der Waals surface area contributed by atoms with Gasteiger partial charge >= 0.3 is 5.97 Å². The lowest BCUT2D eigenvalue weighted by Crippen LogP contribution is -2.65. The van der Waals surface area contributed by atoms with Gasteiger partial charge in [0.2, 0.25) is 5.91 Å². The highest BCUT2D eigenvalue weighted by Crippen LogP contribution is 2.35. The van der Waals surface area contributed by atoms with Crippen LogP contribution in [0.3, 0.4) is 0 Å². The van der Waals surface area contributed by atoms with Gasteiger partial charge in [-0.05, 0) is 44.2 Å².